The molecular formula is C17H17F3IN3O3S. The number of rotatable bonds is 5. The van der Waals surface area contributed by atoms with Gasteiger partial charge in [0.15, 0.2) is 11.6 Å². The normalized spacial score (nSPS) is 18.1. The lowest BCUT2D eigenvalue weighted by atomic mass is 10.1. The van der Waals surface area contributed by atoms with E-state index < -0.39 is 39.5 Å². The Morgan fingerprint density at radius 3 is 2.50 bits per heavy atom. The maximum absolute atomic E-state index is 14.4. The molecule has 152 valence electrons. The molecule has 3 rings (SSSR count). The zero-order valence-corrected chi connectivity index (χ0v) is 17.4. The van der Waals surface area contributed by atoms with Crippen molar-refractivity contribution >= 4 is 49.9 Å². The number of nitrogens with zero attached hydrogens (tertiary/aromatic N) is 1. The van der Waals surface area contributed by atoms with Crippen LogP contribution in [0.25, 0.3) is 0 Å². The van der Waals surface area contributed by atoms with Crippen molar-refractivity contribution in [3.8, 4) is 0 Å². The summed E-state index contributed by atoms with van der Waals surface area (Å²) in [6.45, 7) is 0.0815. The third-order valence-corrected chi connectivity index (χ3v) is 6.38. The van der Waals surface area contributed by atoms with Crippen LogP contribution in [0.2, 0.25) is 0 Å². The van der Waals surface area contributed by atoms with E-state index in [1.165, 1.54) is 12.1 Å². The van der Waals surface area contributed by atoms with Crippen molar-refractivity contribution in [2.24, 2.45) is 0 Å². The fourth-order valence-electron chi connectivity index (χ4n) is 2.83. The van der Waals surface area contributed by atoms with E-state index in [0.29, 0.717) is 16.4 Å². The first-order valence-electron chi connectivity index (χ1n) is 8.33. The number of piperidine rings is 1. The first kappa shape index (κ1) is 21.1. The lowest BCUT2D eigenvalue weighted by molar-refractivity contribution is 0.108. The zero-order valence-electron chi connectivity index (χ0n) is 14.4. The van der Waals surface area contributed by atoms with Crippen LogP contribution in [0, 0.1) is 21.0 Å². The number of aliphatic hydroxyl groups is 1. The van der Waals surface area contributed by atoms with Crippen molar-refractivity contribution in [1.29, 1.82) is 0 Å². The third kappa shape index (κ3) is 4.70. The molecule has 1 heterocycles. The van der Waals surface area contributed by atoms with Gasteiger partial charge in [0.05, 0.1) is 17.5 Å². The smallest absolute Gasteiger partial charge is 0.301 e. The van der Waals surface area contributed by atoms with Crippen LogP contribution in [0.4, 0.5) is 30.2 Å². The Bertz CT molecular complexity index is 991. The molecule has 0 amide bonds. The van der Waals surface area contributed by atoms with Crippen molar-refractivity contribution < 1.29 is 26.7 Å². The van der Waals surface area contributed by atoms with Crippen LogP contribution >= 0.6 is 22.6 Å². The molecule has 11 heteroatoms. The summed E-state index contributed by atoms with van der Waals surface area (Å²) in [4.78, 5) is 0. The van der Waals surface area contributed by atoms with Gasteiger partial charge in [-0.3, -0.25) is 4.72 Å². The molecule has 0 spiro atoms. The number of β-amino-alcohol motifs (C(OH)–C–C–N with tert-alkyl or cyclic N) is 1. The molecule has 0 bridgehead atoms. The molecule has 1 atom stereocenters. The Balaban J connectivity index is 1.94. The van der Waals surface area contributed by atoms with Gasteiger partial charge in [-0.25, -0.2) is 13.2 Å². The van der Waals surface area contributed by atoms with Crippen LogP contribution in [0.1, 0.15) is 12.8 Å². The molecule has 0 radical (unpaired) electrons. The van der Waals surface area contributed by atoms with Crippen molar-refractivity contribution in [2.75, 3.05) is 23.1 Å². The van der Waals surface area contributed by atoms with Crippen molar-refractivity contribution in [1.82, 2.24) is 4.31 Å². The van der Waals surface area contributed by atoms with E-state index in [1.54, 1.807) is 6.07 Å². The number of anilines is 3. The van der Waals surface area contributed by atoms with Gasteiger partial charge in [-0.15, -0.1) is 0 Å². The molecule has 28 heavy (non-hydrogen) atoms. The van der Waals surface area contributed by atoms with Gasteiger partial charge < -0.3 is 10.4 Å². The number of nitrogens with one attached hydrogen (secondary N) is 2. The largest absolute Gasteiger partial charge is 0.392 e. The van der Waals surface area contributed by atoms with Gasteiger partial charge in [0, 0.05) is 16.7 Å². The molecule has 3 N–H and O–H groups in total. The molecule has 0 saturated carbocycles. The molecule has 0 aromatic heterocycles. The SMILES string of the molecule is O=S(=O)(Nc1ccc(F)c(F)c1Nc1ccc(I)cc1F)N1CCCC(O)C1. The highest BCUT2D eigenvalue weighted by Gasteiger charge is 2.29. The Morgan fingerprint density at radius 2 is 1.82 bits per heavy atom. The topological polar surface area (TPSA) is 81.7 Å². The summed E-state index contributed by atoms with van der Waals surface area (Å²) in [5.41, 5.74) is -0.961. The van der Waals surface area contributed by atoms with E-state index >= 15 is 0 Å². The maximum atomic E-state index is 14.4. The summed E-state index contributed by atoms with van der Waals surface area (Å²) in [6, 6.07) is 5.90. The molecular weight excluding hydrogens is 510 g/mol. The number of halogens is 4. The van der Waals surface area contributed by atoms with E-state index in [2.05, 4.69) is 10.0 Å². The summed E-state index contributed by atoms with van der Waals surface area (Å²) >= 11 is 1.90. The fourth-order valence-corrected chi connectivity index (χ4v) is 4.59. The minimum atomic E-state index is -4.13. The third-order valence-electron chi connectivity index (χ3n) is 4.22. The Morgan fingerprint density at radius 1 is 1.11 bits per heavy atom. The van der Waals surface area contributed by atoms with Crippen LogP contribution in [-0.4, -0.2) is 37.0 Å². The molecule has 1 fully saturated rings. The fraction of sp³-hybridized carbons (Fsp3) is 0.294. The van der Waals surface area contributed by atoms with Crippen LogP contribution in [-0.2, 0) is 10.2 Å². The molecule has 2 aromatic carbocycles. The minimum Gasteiger partial charge on any atom is -0.392 e. The van der Waals surface area contributed by atoms with Gasteiger partial charge in [-0.1, -0.05) is 0 Å². The summed E-state index contributed by atoms with van der Waals surface area (Å²) in [6.07, 6.45) is 0.156. The molecule has 1 unspecified atom stereocenters. The molecule has 1 saturated heterocycles. The van der Waals surface area contributed by atoms with Gasteiger partial charge >= 0.3 is 10.2 Å². The summed E-state index contributed by atoms with van der Waals surface area (Å²) in [7, 11) is -4.13. The second kappa shape index (κ2) is 8.43. The Hall–Kier alpha value is -1.57. The number of benzene rings is 2. The molecule has 1 aliphatic heterocycles. The van der Waals surface area contributed by atoms with E-state index in [-0.39, 0.29) is 24.5 Å². The highest BCUT2D eigenvalue weighted by Crippen LogP contribution is 2.33. The highest BCUT2D eigenvalue weighted by molar-refractivity contribution is 14.1. The van der Waals surface area contributed by atoms with Gasteiger partial charge in [-0.05, 0) is 65.8 Å². The maximum Gasteiger partial charge on any atom is 0.301 e. The zero-order chi connectivity index (χ0) is 20.5. The van der Waals surface area contributed by atoms with E-state index in [9.17, 15) is 26.7 Å². The molecule has 0 aliphatic carbocycles. The van der Waals surface area contributed by atoms with Gasteiger partial charge in [0.25, 0.3) is 0 Å². The van der Waals surface area contributed by atoms with Crippen molar-refractivity contribution in [2.45, 2.75) is 18.9 Å². The average molecular weight is 527 g/mol. The summed E-state index contributed by atoms with van der Waals surface area (Å²) in [5.74, 6) is -3.27. The highest BCUT2D eigenvalue weighted by atomic mass is 127. The van der Waals surface area contributed by atoms with Crippen LogP contribution < -0.4 is 10.0 Å². The van der Waals surface area contributed by atoms with Crippen molar-refractivity contribution in [3.63, 3.8) is 0 Å². The van der Waals surface area contributed by atoms with E-state index in [1.807, 2.05) is 22.6 Å². The molecule has 1 aliphatic rings. The van der Waals surface area contributed by atoms with E-state index in [4.69, 9.17) is 0 Å². The lowest BCUT2D eigenvalue weighted by Crippen LogP contribution is -2.44. The van der Waals surface area contributed by atoms with Crippen LogP contribution in [0.15, 0.2) is 30.3 Å². The second-order valence-corrected chi connectivity index (χ2v) is 9.21. The standard InChI is InChI=1S/C17H17F3IN3O3S/c18-12-4-6-15(23-28(26,27)24-7-1-2-11(25)9-24)17(16(12)20)22-14-5-3-10(21)8-13(14)19/h3-6,8,11,22-23,25H,1-2,7,9H2. The number of aliphatic hydroxyl groups excluding tert-OH is 1. The van der Waals surface area contributed by atoms with Crippen LogP contribution in [0.5, 0.6) is 0 Å². The quantitative estimate of drug-likeness (QED) is 0.520. The van der Waals surface area contributed by atoms with Gasteiger partial charge in [0.1, 0.15) is 11.5 Å². The summed E-state index contributed by atoms with van der Waals surface area (Å²) in [5, 5.41) is 12.1. The summed E-state index contributed by atoms with van der Waals surface area (Å²) < 4.78 is 71.2. The van der Waals surface area contributed by atoms with Gasteiger partial charge in [0.2, 0.25) is 0 Å². The first-order valence-corrected chi connectivity index (χ1v) is 10.9. The predicted octanol–water partition coefficient (Wildman–Crippen LogP) is 3.57. The lowest BCUT2D eigenvalue weighted by Gasteiger charge is -2.29. The minimum absolute atomic E-state index is 0.104. The van der Waals surface area contributed by atoms with Gasteiger partial charge in [-0.2, -0.15) is 12.7 Å². The predicted molar refractivity (Wildman–Crippen MR) is 108 cm³/mol. The Labute approximate surface area is 174 Å². The molecule has 6 nitrogen and oxygen atoms in total. The first-order chi connectivity index (χ1) is 13.2. The molecule has 2 aromatic rings. The average Bonchev–Trinajstić information content (AvgIpc) is 2.63. The van der Waals surface area contributed by atoms with Crippen molar-refractivity contribution in [3.05, 3.63) is 51.4 Å². The monoisotopic (exact) mass is 527 g/mol. The number of hydrogen-bond donors (Lipinski definition) is 3. The van der Waals surface area contributed by atoms with E-state index in [0.717, 1.165) is 16.4 Å². The van der Waals surface area contributed by atoms with Crippen LogP contribution in [0.3, 0.4) is 0 Å². The second-order valence-electron chi connectivity index (χ2n) is 6.29. The Kier molecular flexibility index (Phi) is 6.37. The number of hydrogen-bond acceptors (Lipinski definition) is 4.